The lowest BCUT2D eigenvalue weighted by molar-refractivity contribution is 0.171. The van der Waals surface area contributed by atoms with Crippen LogP contribution in [0.25, 0.3) is 0 Å². The molecule has 1 atom stereocenters. The monoisotopic (exact) mass is 283 g/mol. The first-order valence-electron chi connectivity index (χ1n) is 7.42. The van der Waals surface area contributed by atoms with Gasteiger partial charge in [-0.1, -0.05) is 30.3 Å². The highest BCUT2D eigenvalue weighted by Crippen LogP contribution is 2.27. The van der Waals surface area contributed by atoms with Crippen LogP contribution in [0.3, 0.4) is 0 Å². The smallest absolute Gasteiger partial charge is 0.186 e. The molecule has 4 heteroatoms. The number of hydrogen-bond donors (Lipinski definition) is 2. The average molecular weight is 283 g/mol. The van der Waals surface area contributed by atoms with E-state index in [1.165, 1.54) is 5.56 Å². The van der Waals surface area contributed by atoms with E-state index in [9.17, 15) is 4.79 Å². The minimum absolute atomic E-state index is 0.129. The summed E-state index contributed by atoms with van der Waals surface area (Å²) in [6, 6.07) is 12.2. The third-order valence-electron chi connectivity index (χ3n) is 4.13. The van der Waals surface area contributed by atoms with Crippen molar-refractivity contribution in [2.24, 2.45) is 0 Å². The standard InChI is InChI=1S/C17H21N3O/c1-18-11-15-17-14(19-9-7-16(17)21)8-10-20(15)12-13-5-3-2-4-6-13/h2-7,9,15,18H,8,10-12H2,1H3,(H,19,21). The maximum absolute atomic E-state index is 12.3. The Morgan fingerprint density at radius 2 is 2.10 bits per heavy atom. The summed E-state index contributed by atoms with van der Waals surface area (Å²) in [4.78, 5) is 17.9. The van der Waals surface area contributed by atoms with E-state index < -0.39 is 0 Å². The number of benzene rings is 1. The van der Waals surface area contributed by atoms with E-state index in [1.54, 1.807) is 12.3 Å². The fourth-order valence-electron chi connectivity index (χ4n) is 3.13. The molecule has 2 N–H and O–H groups in total. The van der Waals surface area contributed by atoms with Crippen molar-refractivity contribution in [3.05, 3.63) is 69.6 Å². The number of aromatic nitrogens is 1. The second kappa shape index (κ2) is 6.24. The van der Waals surface area contributed by atoms with Crippen molar-refractivity contribution >= 4 is 0 Å². The minimum atomic E-state index is 0.129. The van der Waals surface area contributed by atoms with Crippen molar-refractivity contribution in [2.45, 2.75) is 19.0 Å². The molecule has 4 nitrogen and oxygen atoms in total. The molecule has 0 spiro atoms. The van der Waals surface area contributed by atoms with E-state index in [1.807, 2.05) is 13.1 Å². The van der Waals surface area contributed by atoms with E-state index in [4.69, 9.17) is 0 Å². The topological polar surface area (TPSA) is 48.1 Å². The second-order valence-corrected chi connectivity index (χ2v) is 5.51. The Kier molecular flexibility index (Phi) is 4.18. The number of likely N-dealkylation sites (N-methyl/N-ethyl adjacent to an activating group) is 1. The van der Waals surface area contributed by atoms with E-state index in [-0.39, 0.29) is 11.5 Å². The van der Waals surface area contributed by atoms with Gasteiger partial charge in [0.05, 0.1) is 6.04 Å². The van der Waals surface area contributed by atoms with Crippen LogP contribution in [-0.2, 0) is 13.0 Å². The first kappa shape index (κ1) is 14.0. The molecular formula is C17H21N3O. The van der Waals surface area contributed by atoms with Gasteiger partial charge in [-0.15, -0.1) is 0 Å². The van der Waals surface area contributed by atoms with Gasteiger partial charge >= 0.3 is 0 Å². The van der Waals surface area contributed by atoms with Crippen molar-refractivity contribution in [3.63, 3.8) is 0 Å². The van der Waals surface area contributed by atoms with Gasteiger partial charge in [-0.05, 0) is 12.6 Å². The maximum atomic E-state index is 12.3. The molecular weight excluding hydrogens is 262 g/mol. The normalized spacial score (nSPS) is 18.4. The molecule has 0 bridgehead atoms. The van der Waals surface area contributed by atoms with Gasteiger partial charge in [0, 0.05) is 49.6 Å². The molecule has 0 radical (unpaired) electrons. The number of hydrogen-bond acceptors (Lipinski definition) is 3. The molecule has 0 aliphatic carbocycles. The first-order chi connectivity index (χ1) is 10.3. The quantitative estimate of drug-likeness (QED) is 0.898. The van der Waals surface area contributed by atoms with Crippen LogP contribution in [-0.4, -0.2) is 30.0 Å². The Balaban J connectivity index is 1.92. The van der Waals surface area contributed by atoms with Crippen LogP contribution < -0.4 is 10.7 Å². The molecule has 0 amide bonds. The van der Waals surface area contributed by atoms with Gasteiger partial charge in [0.25, 0.3) is 0 Å². The van der Waals surface area contributed by atoms with Gasteiger partial charge in [-0.2, -0.15) is 0 Å². The number of rotatable bonds is 4. The predicted octanol–water partition coefficient (Wildman–Crippen LogP) is 1.69. The molecule has 21 heavy (non-hydrogen) atoms. The van der Waals surface area contributed by atoms with Crippen LogP contribution in [0, 0.1) is 0 Å². The first-order valence-corrected chi connectivity index (χ1v) is 7.42. The Morgan fingerprint density at radius 3 is 2.86 bits per heavy atom. The summed E-state index contributed by atoms with van der Waals surface area (Å²) < 4.78 is 0. The summed E-state index contributed by atoms with van der Waals surface area (Å²) in [5.41, 5.74) is 3.44. The Hall–Kier alpha value is -1.91. The molecule has 3 rings (SSSR count). The number of nitrogens with one attached hydrogen (secondary N) is 2. The summed E-state index contributed by atoms with van der Waals surface area (Å²) in [6.07, 6.45) is 2.66. The predicted molar refractivity (Wildman–Crippen MR) is 84.3 cm³/mol. The zero-order valence-corrected chi connectivity index (χ0v) is 12.3. The lowest BCUT2D eigenvalue weighted by Crippen LogP contribution is -2.42. The summed E-state index contributed by atoms with van der Waals surface area (Å²) >= 11 is 0. The molecule has 1 aromatic heterocycles. The molecule has 1 aromatic carbocycles. The maximum Gasteiger partial charge on any atom is 0.186 e. The number of H-pyrrole nitrogens is 1. The van der Waals surface area contributed by atoms with Gasteiger partial charge in [-0.3, -0.25) is 9.69 Å². The van der Waals surface area contributed by atoms with Gasteiger partial charge in [0.2, 0.25) is 0 Å². The molecule has 0 saturated carbocycles. The van der Waals surface area contributed by atoms with Crippen molar-refractivity contribution < 1.29 is 0 Å². The molecule has 2 aromatic rings. The van der Waals surface area contributed by atoms with E-state index in [0.29, 0.717) is 0 Å². The third-order valence-corrected chi connectivity index (χ3v) is 4.13. The summed E-state index contributed by atoms with van der Waals surface area (Å²) in [5.74, 6) is 0. The van der Waals surface area contributed by atoms with Crippen LogP contribution >= 0.6 is 0 Å². The van der Waals surface area contributed by atoms with Gasteiger partial charge in [0.15, 0.2) is 5.43 Å². The number of pyridine rings is 1. The lowest BCUT2D eigenvalue weighted by atomic mass is 9.95. The highest BCUT2D eigenvalue weighted by atomic mass is 16.1. The minimum Gasteiger partial charge on any atom is -0.364 e. The van der Waals surface area contributed by atoms with Gasteiger partial charge in [-0.25, -0.2) is 0 Å². The summed E-state index contributed by atoms with van der Waals surface area (Å²) in [5, 5.41) is 3.23. The molecule has 1 aliphatic heterocycles. The molecule has 1 unspecified atom stereocenters. The van der Waals surface area contributed by atoms with Crippen LogP contribution in [0.15, 0.2) is 47.4 Å². The fraction of sp³-hybridized carbons (Fsp3) is 0.353. The molecule has 0 fully saturated rings. The van der Waals surface area contributed by atoms with Crippen LogP contribution in [0.2, 0.25) is 0 Å². The molecule has 0 saturated heterocycles. The molecule has 110 valence electrons. The highest BCUT2D eigenvalue weighted by Gasteiger charge is 2.29. The van der Waals surface area contributed by atoms with Crippen molar-refractivity contribution in [3.8, 4) is 0 Å². The fourth-order valence-corrected chi connectivity index (χ4v) is 3.13. The Bertz CT molecular complexity index is 651. The number of fused-ring (bicyclic) bond motifs is 1. The van der Waals surface area contributed by atoms with Crippen molar-refractivity contribution in [1.82, 2.24) is 15.2 Å². The second-order valence-electron chi connectivity index (χ2n) is 5.51. The summed E-state index contributed by atoms with van der Waals surface area (Å²) in [7, 11) is 1.94. The van der Waals surface area contributed by atoms with Gasteiger partial charge in [0.1, 0.15) is 0 Å². The van der Waals surface area contributed by atoms with Gasteiger partial charge < -0.3 is 10.3 Å². The third kappa shape index (κ3) is 2.91. The summed E-state index contributed by atoms with van der Waals surface area (Å²) in [6.45, 7) is 2.63. The largest absolute Gasteiger partial charge is 0.364 e. The van der Waals surface area contributed by atoms with Crippen molar-refractivity contribution in [1.29, 1.82) is 0 Å². The van der Waals surface area contributed by atoms with Crippen molar-refractivity contribution in [2.75, 3.05) is 20.1 Å². The van der Waals surface area contributed by atoms with Crippen LogP contribution in [0.5, 0.6) is 0 Å². The Labute approximate surface area is 124 Å². The van der Waals surface area contributed by atoms with E-state index >= 15 is 0 Å². The van der Waals surface area contributed by atoms with Crippen LogP contribution in [0.4, 0.5) is 0 Å². The zero-order chi connectivity index (χ0) is 14.7. The Morgan fingerprint density at radius 1 is 1.29 bits per heavy atom. The molecule has 1 aliphatic rings. The zero-order valence-electron chi connectivity index (χ0n) is 12.3. The lowest BCUT2D eigenvalue weighted by Gasteiger charge is -2.36. The average Bonchev–Trinajstić information content (AvgIpc) is 2.51. The number of aromatic amines is 1. The van der Waals surface area contributed by atoms with E-state index in [0.717, 1.165) is 37.3 Å². The van der Waals surface area contributed by atoms with E-state index in [2.05, 4.69) is 39.5 Å². The van der Waals surface area contributed by atoms with Crippen LogP contribution in [0.1, 0.15) is 22.9 Å². The molecule has 2 heterocycles. The number of nitrogens with zero attached hydrogens (tertiary/aromatic N) is 1. The highest BCUT2D eigenvalue weighted by molar-refractivity contribution is 5.28. The SMILES string of the molecule is CNCC1c2c([nH]ccc2=O)CCN1Cc1ccccc1.